The summed E-state index contributed by atoms with van der Waals surface area (Å²) >= 11 is 0. The van der Waals surface area contributed by atoms with Crippen molar-refractivity contribution in [2.75, 3.05) is 0 Å². The van der Waals surface area contributed by atoms with Crippen LogP contribution in [0.25, 0.3) is 11.5 Å². The van der Waals surface area contributed by atoms with Crippen molar-refractivity contribution >= 4 is 0 Å². The molecule has 0 atom stereocenters. The average molecular weight is 188 g/mol. The molecular weight excluding hydrogens is 180 g/mol. The van der Waals surface area contributed by atoms with Crippen LogP contribution >= 0.6 is 0 Å². The van der Waals surface area contributed by atoms with Gasteiger partial charge >= 0.3 is 0 Å². The first kappa shape index (κ1) is 8.71. The summed E-state index contributed by atoms with van der Waals surface area (Å²) in [5, 5.41) is 8.88. The van der Waals surface area contributed by atoms with Crippen LogP contribution in [0.4, 0.5) is 0 Å². The van der Waals surface area contributed by atoms with Gasteiger partial charge in [0.2, 0.25) is 0 Å². The van der Waals surface area contributed by atoms with Gasteiger partial charge in [0.1, 0.15) is 5.69 Å². The number of nitrogens with zero attached hydrogens (tertiary/aromatic N) is 4. The smallest absolute Gasteiger partial charge is 0.180 e. The van der Waals surface area contributed by atoms with E-state index in [4.69, 9.17) is 5.11 Å². The number of aromatic nitrogens is 4. The minimum atomic E-state index is -0.101. The van der Waals surface area contributed by atoms with Gasteiger partial charge in [-0.3, -0.25) is 4.98 Å². The van der Waals surface area contributed by atoms with Crippen LogP contribution in [-0.4, -0.2) is 25.0 Å². The molecule has 0 radical (unpaired) electrons. The molecule has 0 amide bonds. The van der Waals surface area contributed by atoms with Gasteiger partial charge in [-0.1, -0.05) is 0 Å². The van der Waals surface area contributed by atoms with E-state index in [1.54, 1.807) is 30.9 Å². The predicted molar refractivity (Wildman–Crippen MR) is 49.0 cm³/mol. The Bertz CT molecular complexity index is 418. The Labute approximate surface area is 80.5 Å². The lowest BCUT2D eigenvalue weighted by atomic mass is 10.3. The van der Waals surface area contributed by atoms with Crippen LogP contribution < -0.4 is 0 Å². The SMILES string of the molecule is OCc1ccnc(-c2cnccn2)n1. The largest absolute Gasteiger partial charge is 0.390 e. The van der Waals surface area contributed by atoms with E-state index in [9.17, 15) is 0 Å². The highest BCUT2D eigenvalue weighted by atomic mass is 16.3. The van der Waals surface area contributed by atoms with Crippen molar-refractivity contribution in [2.45, 2.75) is 6.61 Å². The van der Waals surface area contributed by atoms with E-state index in [-0.39, 0.29) is 6.61 Å². The van der Waals surface area contributed by atoms with Crippen molar-refractivity contribution in [1.29, 1.82) is 0 Å². The van der Waals surface area contributed by atoms with Crippen LogP contribution in [-0.2, 0) is 6.61 Å². The summed E-state index contributed by atoms with van der Waals surface area (Å²) in [5.41, 5.74) is 1.17. The van der Waals surface area contributed by atoms with Crippen molar-refractivity contribution in [3.63, 3.8) is 0 Å². The topological polar surface area (TPSA) is 71.8 Å². The molecule has 0 aliphatic heterocycles. The van der Waals surface area contributed by atoms with Gasteiger partial charge in [-0.25, -0.2) is 15.0 Å². The van der Waals surface area contributed by atoms with Crippen LogP contribution in [0.3, 0.4) is 0 Å². The summed E-state index contributed by atoms with van der Waals surface area (Å²) in [5.74, 6) is 0.477. The van der Waals surface area contributed by atoms with Crippen LogP contribution in [0.2, 0.25) is 0 Å². The molecule has 0 aromatic carbocycles. The van der Waals surface area contributed by atoms with Gasteiger partial charge < -0.3 is 5.11 Å². The van der Waals surface area contributed by atoms with E-state index < -0.39 is 0 Å². The second kappa shape index (κ2) is 3.89. The lowest BCUT2D eigenvalue weighted by Crippen LogP contribution is -1.96. The van der Waals surface area contributed by atoms with Crippen LogP contribution in [0.1, 0.15) is 5.69 Å². The van der Waals surface area contributed by atoms with Crippen molar-refractivity contribution in [2.24, 2.45) is 0 Å². The average Bonchev–Trinajstić information content (AvgIpc) is 2.30. The minimum Gasteiger partial charge on any atom is -0.390 e. The molecule has 2 aromatic heterocycles. The Morgan fingerprint density at radius 1 is 1.14 bits per heavy atom. The van der Waals surface area contributed by atoms with Crippen LogP contribution in [0.5, 0.6) is 0 Å². The zero-order valence-corrected chi connectivity index (χ0v) is 7.33. The molecule has 0 bridgehead atoms. The number of rotatable bonds is 2. The van der Waals surface area contributed by atoms with E-state index >= 15 is 0 Å². The van der Waals surface area contributed by atoms with Gasteiger partial charge in [0.15, 0.2) is 5.82 Å². The molecular formula is C9H8N4O. The zero-order valence-electron chi connectivity index (χ0n) is 7.33. The molecule has 1 N–H and O–H groups in total. The normalized spacial score (nSPS) is 10.1. The summed E-state index contributed by atoms with van der Waals surface area (Å²) in [6.07, 6.45) is 6.32. The maximum absolute atomic E-state index is 8.88. The lowest BCUT2D eigenvalue weighted by molar-refractivity contribution is 0.277. The Hall–Kier alpha value is -1.88. The monoisotopic (exact) mass is 188 g/mol. The second-order valence-electron chi connectivity index (χ2n) is 2.62. The highest BCUT2D eigenvalue weighted by Crippen LogP contribution is 2.08. The number of aliphatic hydroxyl groups excluding tert-OH is 1. The summed E-state index contributed by atoms with van der Waals surface area (Å²) in [7, 11) is 0. The molecule has 0 unspecified atom stereocenters. The standard InChI is InChI=1S/C9H8N4O/c14-6-7-1-2-12-9(13-7)8-5-10-3-4-11-8/h1-5,14H,6H2. The molecule has 0 fully saturated rings. The Balaban J connectivity index is 2.42. The number of hydrogen-bond acceptors (Lipinski definition) is 5. The third-order valence-corrected chi connectivity index (χ3v) is 1.67. The maximum Gasteiger partial charge on any atom is 0.180 e. The van der Waals surface area contributed by atoms with Crippen molar-refractivity contribution in [3.05, 3.63) is 36.5 Å². The van der Waals surface area contributed by atoms with Crippen molar-refractivity contribution < 1.29 is 5.11 Å². The van der Waals surface area contributed by atoms with E-state index in [0.717, 1.165) is 0 Å². The molecule has 14 heavy (non-hydrogen) atoms. The first-order chi connectivity index (χ1) is 6.90. The Morgan fingerprint density at radius 3 is 2.79 bits per heavy atom. The van der Waals surface area contributed by atoms with E-state index in [2.05, 4.69) is 19.9 Å². The quantitative estimate of drug-likeness (QED) is 0.739. The first-order valence-corrected chi connectivity index (χ1v) is 4.09. The molecule has 0 spiro atoms. The van der Waals surface area contributed by atoms with E-state index in [1.807, 2.05) is 0 Å². The van der Waals surface area contributed by atoms with Gasteiger partial charge in [-0.15, -0.1) is 0 Å². The highest BCUT2D eigenvalue weighted by molar-refractivity contribution is 5.46. The maximum atomic E-state index is 8.88. The van der Waals surface area contributed by atoms with Crippen LogP contribution in [0.15, 0.2) is 30.9 Å². The van der Waals surface area contributed by atoms with Gasteiger partial charge in [0.25, 0.3) is 0 Å². The molecule has 5 heteroatoms. The second-order valence-corrected chi connectivity index (χ2v) is 2.62. The first-order valence-electron chi connectivity index (χ1n) is 4.09. The fourth-order valence-corrected chi connectivity index (χ4v) is 1.02. The number of aliphatic hydroxyl groups is 1. The molecule has 0 aliphatic rings. The van der Waals surface area contributed by atoms with Gasteiger partial charge in [-0.2, -0.15) is 0 Å². The van der Waals surface area contributed by atoms with Crippen molar-refractivity contribution in [3.8, 4) is 11.5 Å². The molecule has 70 valence electrons. The fourth-order valence-electron chi connectivity index (χ4n) is 1.02. The third-order valence-electron chi connectivity index (χ3n) is 1.67. The summed E-state index contributed by atoms with van der Waals surface area (Å²) < 4.78 is 0. The molecule has 2 aromatic rings. The summed E-state index contributed by atoms with van der Waals surface area (Å²) in [6.45, 7) is -0.101. The Kier molecular flexibility index (Phi) is 2.42. The molecule has 2 heterocycles. The molecule has 5 nitrogen and oxygen atoms in total. The van der Waals surface area contributed by atoms with E-state index in [0.29, 0.717) is 17.2 Å². The molecule has 2 rings (SSSR count). The van der Waals surface area contributed by atoms with Crippen LogP contribution in [0, 0.1) is 0 Å². The third kappa shape index (κ3) is 1.72. The van der Waals surface area contributed by atoms with E-state index in [1.165, 1.54) is 0 Å². The highest BCUT2D eigenvalue weighted by Gasteiger charge is 2.02. The number of hydrogen-bond donors (Lipinski definition) is 1. The summed E-state index contributed by atoms with van der Waals surface area (Å²) in [4.78, 5) is 16.1. The van der Waals surface area contributed by atoms with Gasteiger partial charge in [0.05, 0.1) is 18.5 Å². The van der Waals surface area contributed by atoms with Crippen molar-refractivity contribution in [1.82, 2.24) is 19.9 Å². The molecule has 0 saturated carbocycles. The fraction of sp³-hybridized carbons (Fsp3) is 0.111. The summed E-state index contributed by atoms with van der Waals surface area (Å²) in [6, 6.07) is 1.65. The minimum absolute atomic E-state index is 0.101. The van der Waals surface area contributed by atoms with Gasteiger partial charge in [-0.05, 0) is 6.07 Å². The zero-order chi connectivity index (χ0) is 9.80. The predicted octanol–water partition coefficient (Wildman–Crippen LogP) is 0.426. The lowest BCUT2D eigenvalue weighted by Gasteiger charge is -1.99. The van der Waals surface area contributed by atoms with Gasteiger partial charge in [0, 0.05) is 18.6 Å². The molecule has 0 saturated heterocycles. The Morgan fingerprint density at radius 2 is 2.07 bits per heavy atom. The molecule has 0 aliphatic carbocycles.